The number of likely N-dealkylation sites (N-methyl/N-ethyl adjacent to an activating group) is 1. The topological polar surface area (TPSA) is 66.8 Å². The fraction of sp³-hybridized carbons (Fsp3) is 0.500. The number of hydrogen-bond donors (Lipinski definition) is 1. The summed E-state index contributed by atoms with van der Waals surface area (Å²) in [6, 6.07) is 7.39. The maximum atomic E-state index is 12.5. The maximum absolute atomic E-state index is 12.5. The molecule has 5 heteroatoms. The first kappa shape index (κ1) is 17.0. The molecule has 0 aliphatic carbocycles. The summed E-state index contributed by atoms with van der Waals surface area (Å²) in [6.07, 6.45) is -0.745. The van der Waals surface area contributed by atoms with Crippen LogP contribution < -0.4 is 4.74 Å². The summed E-state index contributed by atoms with van der Waals surface area (Å²) in [5, 5.41) is 9.26. The molecule has 116 valence electrons. The van der Waals surface area contributed by atoms with Crippen molar-refractivity contribution in [1.82, 2.24) is 4.90 Å². The van der Waals surface area contributed by atoms with E-state index < -0.39 is 17.6 Å². The second-order valence-electron chi connectivity index (χ2n) is 5.52. The van der Waals surface area contributed by atoms with Crippen molar-refractivity contribution in [2.45, 2.75) is 46.3 Å². The standard InChI is InChI=1S/C16H23NO4/c1-6-17(16(4,5)15(19)20)14(18)12(3)21-13-9-7-8-11(2)10-13/h7-10,12H,6H2,1-5H3,(H,19,20). The van der Waals surface area contributed by atoms with E-state index in [-0.39, 0.29) is 5.91 Å². The van der Waals surface area contributed by atoms with Crippen molar-refractivity contribution in [3.8, 4) is 5.75 Å². The first-order valence-electron chi connectivity index (χ1n) is 6.98. The molecule has 0 aliphatic rings. The van der Waals surface area contributed by atoms with Gasteiger partial charge in [-0.05, 0) is 52.3 Å². The SMILES string of the molecule is CCN(C(=O)C(C)Oc1cccc(C)c1)C(C)(C)C(=O)O. The largest absolute Gasteiger partial charge is 0.481 e. The van der Waals surface area contributed by atoms with Crippen LogP contribution in [0, 0.1) is 6.92 Å². The maximum Gasteiger partial charge on any atom is 0.329 e. The summed E-state index contributed by atoms with van der Waals surface area (Å²) >= 11 is 0. The van der Waals surface area contributed by atoms with Crippen LogP contribution in [0.25, 0.3) is 0 Å². The van der Waals surface area contributed by atoms with Crippen LogP contribution in [0.1, 0.15) is 33.3 Å². The number of carbonyl (C=O) groups is 2. The van der Waals surface area contributed by atoms with E-state index in [2.05, 4.69) is 0 Å². The Hall–Kier alpha value is -2.04. The molecule has 1 aromatic carbocycles. The van der Waals surface area contributed by atoms with Crippen molar-refractivity contribution in [2.24, 2.45) is 0 Å². The summed E-state index contributed by atoms with van der Waals surface area (Å²) in [4.78, 5) is 25.1. The number of ether oxygens (including phenoxy) is 1. The Labute approximate surface area is 125 Å². The number of amides is 1. The van der Waals surface area contributed by atoms with Gasteiger partial charge < -0.3 is 14.7 Å². The molecule has 0 saturated heterocycles. The lowest BCUT2D eigenvalue weighted by Gasteiger charge is -2.35. The summed E-state index contributed by atoms with van der Waals surface area (Å²) in [6.45, 7) is 8.64. The zero-order chi connectivity index (χ0) is 16.2. The predicted molar refractivity (Wildman–Crippen MR) is 80.4 cm³/mol. The average Bonchev–Trinajstić information content (AvgIpc) is 2.38. The van der Waals surface area contributed by atoms with Crippen molar-refractivity contribution in [3.05, 3.63) is 29.8 Å². The van der Waals surface area contributed by atoms with E-state index in [0.29, 0.717) is 12.3 Å². The quantitative estimate of drug-likeness (QED) is 0.875. The molecule has 1 rings (SSSR count). The minimum atomic E-state index is -1.27. The van der Waals surface area contributed by atoms with Gasteiger partial charge >= 0.3 is 5.97 Å². The van der Waals surface area contributed by atoms with Gasteiger partial charge in [-0.15, -0.1) is 0 Å². The van der Waals surface area contributed by atoms with E-state index >= 15 is 0 Å². The summed E-state index contributed by atoms with van der Waals surface area (Å²) in [5.74, 6) is -0.785. The Morgan fingerprint density at radius 3 is 2.48 bits per heavy atom. The highest BCUT2D eigenvalue weighted by Gasteiger charge is 2.39. The molecule has 1 N–H and O–H groups in total. The molecule has 0 fully saturated rings. The minimum Gasteiger partial charge on any atom is -0.481 e. The van der Waals surface area contributed by atoms with E-state index in [9.17, 15) is 14.7 Å². The van der Waals surface area contributed by atoms with Crippen LogP contribution in [0.2, 0.25) is 0 Å². The third kappa shape index (κ3) is 3.97. The molecule has 1 unspecified atom stereocenters. The van der Waals surface area contributed by atoms with Gasteiger partial charge in [-0.1, -0.05) is 12.1 Å². The number of benzene rings is 1. The number of rotatable bonds is 6. The molecular weight excluding hydrogens is 270 g/mol. The van der Waals surface area contributed by atoms with Crippen molar-refractivity contribution in [3.63, 3.8) is 0 Å². The van der Waals surface area contributed by atoms with Crippen molar-refractivity contribution < 1.29 is 19.4 Å². The molecular formula is C16H23NO4. The first-order chi connectivity index (χ1) is 9.70. The molecule has 0 radical (unpaired) electrons. The van der Waals surface area contributed by atoms with Crippen LogP contribution in [0.3, 0.4) is 0 Å². The fourth-order valence-corrected chi connectivity index (χ4v) is 2.10. The minimum absolute atomic E-state index is 0.305. The average molecular weight is 293 g/mol. The third-order valence-electron chi connectivity index (χ3n) is 3.43. The lowest BCUT2D eigenvalue weighted by atomic mass is 10.0. The molecule has 0 aromatic heterocycles. The summed E-state index contributed by atoms with van der Waals surface area (Å²) in [5.41, 5.74) is -0.235. The summed E-state index contributed by atoms with van der Waals surface area (Å²) in [7, 11) is 0. The van der Waals surface area contributed by atoms with E-state index in [1.807, 2.05) is 25.1 Å². The van der Waals surface area contributed by atoms with Gasteiger partial charge in [0.05, 0.1) is 0 Å². The smallest absolute Gasteiger partial charge is 0.329 e. The first-order valence-corrected chi connectivity index (χ1v) is 6.98. The molecule has 21 heavy (non-hydrogen) atoms. The van der Waals surface area contributed by atoms with Gasteiger partial charge in [0.25, 0.3) is 5.91 Å². The number of aryl methyl sites for hydroxylation is 1. The van der Waals surface area contributed by atoms with Gasteiger partial charge in [0.1, 0.15) is 11.3 Å². The van der Waals surface area contributed by atoms with E-state index in [4.69, 9.17) is 4.74 Å². The van der Waals surface area contributed by atoms with Gasteiger partial charge in [-0.25, -0.2) is 4.79 Å². The zero-order valence-corrected chi connectivity index (χ0v) is 13.2. The third-order valence-corrected chi connectivity index (χ3v) is 3.43. The van der Waals surface area contributed by atoms with E-state index in [0.717, 1.165) is 5.56 Å². The van der Waals surface area contributed by atoms with Crippen LogP contribution in [-0.2, 0) is 9.59 Å². The van der Waals surface area contributed by atoms with Gasteiger partial charge in [-0.2, -0.15) is 0 Å². The van der Waals surface area contributed by atoms with Crippen LogP contribution in [0.15, 0.2) is 24.3 Å². The highest BCUT2D eigenvalue weighted by molar-refractivity contribution is 5.88. The molecule has 1 aromatic rings. The van der Waals surface area contributed by atoms with Crippen LogP contribution in [-0.4, -0.2) is 40.1 Å². The molecule has 0 heterocycles. The normalized spacial score (nSPS) is 12.6. The molecule has 0 aliphatic heterocycles. The highest BCUT2D eigenvalue weighted by atomic mass is 16.5. The Morgan fingerprint density at radius 1 is 1.38 bits per heavy atom. The van der Waals surface area contributed by atoms with E-state index in [1.165, 1.54) is 18.7 Å². The molecule has 5 nitrogen and oxygen atoms in total. The molecule has 0 saturated carbocycles. The Bertz CT molecular complexity index is 525. The Balaban J connectivity index is 2.88. The van der Waals surface area contributed by atoms with E-state index in [1.54, 1.807) is 19.9 Å². The Kier molecular flexibility index (Phi) is 5.35. The second kappa shape index (κ2) is 6.61. The van der Waals surface area contributed by atoms with Gasteiger partial charge in [-0.3, -0.25) is 4.79 Å². The molecule has 0 bridgehead atoms. The number of carbonyl (C=O) groups excluding carboxylic acids is 1. The lowest BCUT2D eigenvalue weighted by Crippen LogP contribution is -2.56. The van der Waals surface area contributed by atoms with Gasteiger partial charge in [0.2, 0.25) is 0 Å². The summed E-state index contributed by atoms with van der Waals surface area (Å²) < 4.78 is 5.63. The van der Waals surface area contributed by atoms with Crippen molar-refractivity contribution in [2.75, 3.05) is 6.54 Å². The Morgan fingerprint density at radius 2 is 2.00 bits per heavy atom. The number of carboxylic acids is 1. The predicted octanol–water partition coefficient (Wildman–Crippen LogP) is 2.47. The second-order valence-corrected chi connectivity index (χ2v) is 5.52. The van der Waals surface area contributed by atoms with Gasteiger partial charge in [0.15, 0.2) is 6.10 Å². The zero-order valence-electron chi connectivity index (χ0n) is 13.2. The molecule has 1 atom stereocenters. The van der Waals surface area contributed by atoms with Crippen LogP contribution >= 0.6 is 0 Å². The fourth-order valence-electron chi connectivity index (χ4n) is 2.10. The number of aliphatic carboxylic acids is 1. The lowest BCUT2D eigenvalue weighted by molar-refractivity contribution is -0.159. The number of hydrogen-bond acceptors (Lipinski definition) is 3. The number of carboxylic acid groups (broad SMARTS) is 1. The molecule has 0 spiro atoms. The number of nitrogens with zero attached hydrogens (tertiary/aromatic N) is 1. The van der Waals surface area contributed by atoms with Crippen LogP contribution in [0.4, 0.5) is 0 Å². The van der Waals surface area contributed by atoms with Gasteiger partial charge in [0, 0.05) is 6.54 Å². The van der Waals surface area contributed by atoms with Crippen molar-refractivity contribution in [1.29, 1.82) is 0 Å². The monoisotopic (exact) mass is 293 g/mol. The highest BCUT2D eigenvalue weighted by Crippen LogP contribution is 2.19. The molecule has 1 amide bonds. The van der Waals surface area contributed by atoms with Crippen LogP contribution in [0.5, 0.6) is 5.75 Å². The van der Waals surface area contributed by atoms with Crippen molar-refractivity contribution >= 4 is 11.9 Å².